The molecule has 0 radical (unpaired) electrons. The van der Waals surface area contributed by atoms with Gasteiger partial charge in [0.05, 0.1) is 0 Å². The number of aromatic nitrogens is 2. The van der Waals surface area contributed by atoms with Gasteiger partial charge in [0, 0.05) is 18.4 Å². The third-order valence-electron chi connectivity index (χ3n) is 2.52. The van der Waals surface area contributed by atoms with Crippen LogP contribution in [0.5, 0.6) is 0 Å². The van der Waals surface area contributed by atoms with E-state index in [-0.39, 0.29) is 6.04 Å². The molecule has 1 unspecified atom stereocenters. The van der Waals surface area contributed by atoms with Crippen LogP contribution in [0.4, 0.5) is 0 Å². The van der Waals surface area contributed by atoms with Gasteiger partial charge in [0.15, 0.2) is 0 Å². The van der Waals surface area contributed by atoms with Gasteiger partial charge in [-0.3, -0.25) is 0 Å². The molecule has 0 amide bonds. The molecule has 0 aliphatic heterocycles. The van der Waals surface area contributed by atoms with Crippen molar-refractivity contribution in [1.29, 1.82) is 0 Å². The zero-order valence-electron chi connectivity index (χ0n) is 8.57. The molecule has 1 aromatic heterocycles. The Bertz CT molecular complexity index is 293. The molecule has 78 valence electrons. The summed E-state index contributed by atoms with van der Waals surface area (Å²) in [5.41, 5.74) is 5.96. The highest BCUT2D eigenvalue weighted by Crippen LogP contribution is 2.38. The fraction of sp³-hybridized carbons (Fsp3) is 0.800. The first-order chi connectivity index (χ1) is 6.79. The molecule has 0 bridgehead atoms. The summed E-state index contributed by atoms with van der Waals surface area (Å²) in [6, 6.07) is 0.264. The Labute approximate surface area is 88.9 Å². The second-order valence-electron chi connectivity index (χ2n) is 4.07. The van der Waals surface area contributed by atoms with Crippen LogP contribution in [0.15, 0.2) is 0 Å². The first-order valence-electron chi connectivity index (χ1n) is 5.37. The second-order valence-corrected chi connectivity index (χ2v) is 4.91. The van der Waals surface area contributed by atoms with Crippen LogP contribution in [0.3, 0.4) is 0 Å². The summed E-state index contributed by atoms with van der Waals surface area (Å²) in [4.78, 5) is 4.52. The van der Waals surface area contributed by atoms with E-state index in [0.29, 0.717) is 5.92 Å². The van der Waals surface area contributed by atoms with Crippen molar-refractivity contribution in [3.05, 3.63) is 10.8 Å². The maximum atomic E-state index is 5.96. The Balaban J connectivity index is 1.88. The summed E-state index contributed by atoms with van der Waals surface area (Å²) < 4.78 is 4.37. The molecule has 2 rings (SSSR count). The zero-order chi connectivity index (χ0) is 9.97. The third-order valence-corrected chi connectivity index (χ3v) is 3.27. The minimum absolute atomic E-state index is 0.264. The van der Waals surface area contributed by atoms with Crippen molar-refractivity contribution in [2.45, 2.75) is 51.0 Å². The molecule has 2 N–H and O–H groups in total. The molecular formula is C10H17N3S. The summed E-state index contributed by atoms with van der Waals surface area (Å²) in [6.45, 7) is 2.16. The van der Waals surface area contributed by atoms with Gasteiger partial charge in [-0.25, -0.2) is 4.98 Å². The van der Waals surface area contributed by atoms with Crippen molar-refractivity contribution in [3.8, 4) is 0 Å². The molecule has 0 saturated heterocycles. The fourth-order valence-electron chi connectivity index (χ4n) is 1.56. The van der Waals surface area contributed by atoms with Crippen molar-refractivity contribution in [2.24, 2.45) is 5.73 Å². The molecule has 0 aromatic carbocycles. The average Bonchev–Trinajstić information content (AvgIpc) is 2.89. The van der Waals surface area contributed by atoms with E-state index in [2.05, 4.69) is 16.3 Å². The molecular weight excluding hydrogens is 194 g/mol. The number of nitrogens with two attached hydrogens (primary N) is 1. The van der Waals surface area contributed by atoms with Crippen molar-refractivity contribution in [3.63, 3.8) is 0 Å². The van der Waals surface area contributed by atoms with Gasteiger partial charge >= 0.3 is 0 Å². The summed E-state index contributed by atoms with van der Waals surface area (Å²) in [5, 5.41) is 1.12. The molecule has 4 heteroatoms. The Morgan fingerprint density at radius 2 is 2.36 bits per heavy atom. The Hall–Kier alpha value is -0.480. The van der Waals surface area contributed by atoms with Crippen LogP contribution >= 0.6 is 11.5 Å². The van der Waals surface area contributed by atoms with Crippen LogP contribution in [0.2, 0.25) is 0 Å². The lowest BCUT2D eigenvalue weighted by Crippen LogP contribution is -2.22. The summed E-state index contributed by atoms with van der Waals surface area (Å²) >= 11 is 1.53. The molecule has 1 aliphatic rings. The lowest BCUT2D eigenvalue weighted by Gasteiger charge is -2.06. The van der Waals surface area contributed by atoms with Crippen molar-refractivity contribution in [2.75, 3.05) is 0 Å². The van der Waals surface area contributed by atoms with Gasteiger partial charge in [-0.05, 0) is 30.8 Å². The fourth-order valence-corrected chi connectivity index (χ4v) is 2.37. The maximum absolute atomic E-state index is 5.96. The largest absolute Gasteiger partial charge is 0.327 e. The lowest BCUT2D eigenvalue weighted by molar-refractivity contribution is 0.598. The number of nitrogens with zero attached hydrogens (tertiary/aromatic N) is 2. The Kier molecular flexibility index (Phi) is 3.13. The first kappa shape index (κ1) is 10.1. The summed E-state index contributed by atoms with van der Waals surface area (Å²) in [7, 11) is 0. The molecule has 1 saturated carbocycles. The van der Waals surface area contributed by atoms with Crippen LogP contribution in [0.25, 0.3) is 0 Å². The third kappa shape index (κ3) is 2.51. The molecule has 1 aliphatic carbocycles. The minimum Gasteiger partial charge on any atom is -0.327 e. The lowest BCUT2D eigenvalue weighted by atomic mass is 10.1. The molecule has 3 nitrogen and oxygen atoms in total. The van der Waals surface area contributed by atoms with Gasteiger partial charge in [-0.15, -0.1) is 0 Å². The SMILES string of the molecule is CCCC(N)Cc1nc(C2CC2)ns1. The highest BCUT2D eigenvalue weighted by atomic mass is 32.1. The van der Waals surface area contributed by atoms with Crippen LogP contribution in [0.1, 0.15) is 49.4 Å². The number of hydrogen-bond donors (Lipinski definition) is 1. The van der Waals surface area contributed by atoms with Gasteiger partial charge < -0.3 is 5.73 Å². The summed E-state index contributed by atoms with van der Waals surface area (Å²) in [5.74, 6) is 1.73. The zero-order valence-corrected chi connectivity index (χ0v) is 9.39. The topological polar surface area (TPSA) is 51.8 Å². The van der Waals surface area contributed by atoms with Crippen molar-refractivity contribution < 1.29 is 0 Å². The van der Waals surface area contributed by atoms with Gasteiger partial charge in [-0.1, -0.05) is 13.3 Å². The predicted octanol–water partition coefficient (Wildman–Crippen LogP) is 2.09. The average molecular weight is 211 g/mol. The highest BCUT2D eigenvalue weighted by molar-refractivity contribution is 7.05. The number of rotatable bonds is 5. The molecule has 14 heavy (non-hydrogen) atoms. The molecule has 1 aromatic rings. The number of hydrogen-bond acceptors (Lipinski definition) is 4. The highest BCUT2D eigenvalue weighted by Gasteiger charge is 2.27. The maximum Gasteiger partial charge on any atom is 0.145 e. The van der Waals surface area contributed by atoms with Crippen LogP contribution in [-0.4, -0.2) is 15.4 Å². The van der Waals surface area contributed by atoms with Crippen molar-refractivity contribution in [1.82, 2.24) is 9.36 Å². The van der Waals surface area contributed by atoms with E-state index < -0.39 is 0 Å². The van der Waals surface area contributed by atoms with E-state index in [1.165, 1.54) is 24.4 Å². The smallest absolute Gasteiger partial charge is 0.145 e. The normalized spacial score (nSPS) is 18.4. The quantitative estimate of drug-likeness (QED) is 0.811. The monoisotopic (exact) mass is 211 g/mol. The Morgan fingerprint density at radius 1 is 1.57 bits per heavy atom. The molecule has 1 fully saturated rings. The molecule has 0 spiro atoms. The van der Waals surface area contributed by atoms with Crippen LogP contribution < -0.4 is 5.73 Å². The second kappa shape index (κ2) is 4.36. The van der Waals surface area contributed by atoms with Gasteiger partial charge in [0.2, 0.25) is 0 Å². The minimum atomic E-state index is 0.264. The van der Waals surface area contributed by atoms with E-state index in [4.69, 9.17) is 5.73 Å². The molecule has 1 heterocycles. The van der Waals surface area contributed by atoms with E-state index in [9.17, 15) is 0 Å². The van der Waals surface area contributed by atoms with Gasteiger partial charge in [0.25, 0.3) is 0 Å². The van der Waals surface area contributed by atoms with Crippen LogP contribution in [0, 0.1) is 0 Å². The Morgan fingerprint density at radius 3 is 3.00 bits per heavy atom. The van der Waals surface area contributed by atoms with E-state index in [1.807, 2.05) is 0 Å². The first-order valence-corrected chi connectivity index (χ1v) is 6.15. The van der Waals surface area contributed by atoms with Crippen molar-refractivity contribution >= 4 is 11.5 Å². The van der Waals surface area contributed by atoms with Gasteiger partial charge in [-0.2, -0.15) is 4.37 Å². The standard InChI is InChI=1S/C10H17N3S/c1-2-3-8(11)6-9-12-10(13-14-9)7-4-5-7/h7-8H,2-6,11H2,1H3. The van der Waals surface area contributed by atoms with E-state index >= 15 is 0 Å². The van der Waals surface area contributed by atoms with Crippen LogP contribution in [-0.2, 0) is 6.42 Å². The molecule has 1 atom stereocenters. The van der Waals surface area contributed by atoms with E-state index in [0.717, 1.165) is 30.1 Å². The van der Waals surface area contributed by atoms with Gasteiger partial charge in [0.1, 0.15) is 10.8 Å². The van der Waals surface area contributed by atoms with E-state index in [1.54, 1.807) is 0 Å². The summed E-state index contributed by atoms with van der Waals surface area (Å²) in [6.07, 6.45) is 5.68. The predicted molar refractivity (Wildman–Crippen MR) is 58.5 cm³/mol.